The van der Waals surface area contributed by atoms with Crippen molar-refractivity contribution in [3.63, 3.8) is 0 Å². The fraction of sp³-hybridized carbons (Fsp3) is 0.393. The van der Waals surface area contributed by atoms with Crippen LogP contribution in [0.25, 0.3) is 0 Å². The van der Waals surface area contributed by atoms with Crippen molar-refractivity contribution in [1.29, 1.82) is 0 Å². The van der Waals surface area contributed by atoms with E-state index < -0.39 is 0 Å². The zero-order valence-electron chi connectivity index (χ0n) is 20.1. The molecule has 1 unspecified atom stereocenters. The Morgan fingerprint density at radius 2 is 1.74 bits per heavy atom. The van der Waals surface area contributed by atoms with Crippen LogP contribution in [0.5, 0.6) is 0 Å². The van der Waals surface area contributed by atoms with E-state index in [0.29, 0.717) is 18.7 Å². The standard InChI is InChI=1S/C28H33N5O2/c34-27-18-24(20-33(27)25-13-10-22(11-14-25)19-32-15-5-2-6-16-32)29-28(35)26-17-23(30-31-26)12-9-21-7-3-1-4-8-21/h1,3-4,7-8,10-11,13-14,17,24H,2,5-6,9,12,15-16,18-20H2,(H,29,35)(H,30,31). The molecule has 0 radical (unpaired) electrons. The predicted molar refractivity (Wildman–Crippen MR) is 136 cm³/mol. The van der Waals surface area contributed by atoms with Gasteiger partial charge < -0.3 is 10.2 Å². The molecule has 182 valence electrons. The number of carbonyl (C=O) groups excluding carboxylic acids is 2. The molecule has 1 aromatic heterocycles. The van der Waals surface area contributed by atoms with Crippen molar-refractivity contribution in [2.75, 3.05) is 24.5 Å². The number of piperidine rings is 1. The smallest absolute Gasteiger partial charge is 0.272 e. The minimum absolute atomic E-state index is 0.0321. The second-order valence-corrected chi connectivity index (χ2v) is 9.65. The highest BCUT2D eigenvalue weighted by molar-refractivity contribution is 5.98. The van der Waals surface area contributed by atoms with E-state index in [1.807, 2.05) is 30.3 Å². The molecule has 0 spiro atoms. The van der Waals surface area contributed by atoms with Gasteiger partial charge in [-0.3, -0.25) is 19.6 Å². The molecule has 0 saturated carbocycles. The second-order valence-electron chi connectivity index (χ2n) is 9.65. The summed E-state index contributed by atoms with van der Waals surface area (Å²) in [6.45, 7) is 3.77. The van der Waals surface area contributed by atoms with Crippen LogP contribution in [-0.4, -0.2) is 52.6 Å². The van der Waals surface area contributed by atoms with Crippen LogP contribution >= 0.6 is 0 Å². The highest BCUT2D eigenvalue weighted by Gasteiger charge is 2.32. The number of H-pyrrole nitrogens is 1. The molecule has 3 heterocycles. The van der Waals surface area contributed by atoms with Crippen molar-refractivity contribution in [2.24, 2.45) is 0 Å². The quantitative estimate of drug-likeness (QED) is 0.525. The zero-order valence-corrected chi connectivity index (χ0v) is 20.1. The Bertz CT molecular complexity index is 1140. The molecule has 1 atom stereocenters. The van der Waals surface area contributed by atoms with E-state index in [9.17, 15) is 9.59 Å². The van der Waals surface area contributed by atoms with E-state index in [-0.39, 0.29) is 17.9 Å². The van der Waals surface area contributed by atoms with Crippen molar-refractivity contribution in [3.8, 4) is 0 Å². The molecular weight excluding hydrogens is 438 g/mol. The van der Waals surface area contributed by atoms with E-state index in [0.717, 1.165) is 43.9 Å². The van der Waals surface area contributed by atoms with Gasteiger partial charge in [-0.2, -0.15) is 5.10 Å². The van der Waals surface area contributed by atoms with Crippen LogP contribution in [0.3, 0.4) is 0 Å². The molecule has 35 heavy (non-hydrogen) atoms. The number of rotatable bonds is 8. The average molecular weight is 472 g/mol. The van der Waals surface area contributed by atoms with Gasteiger partial charge in [-0.05, 0) is 68.1 Å². The molecule has 3 aromatic rings. The molecule has 2 aromatic carbocycles. The predicted octanol–water partition coefficient (Wildman–Crippen LogP) is 3.72. The molecule has 2 amide bonds. The number of aryl methyl sites for hydroxylation is 2. The number of anilines is 1. The van der Waals surface area contributed by atoms with Gasteiger partial charge in [0.15, 0.2) is 0 Å². The van der Waals surface area contributed by atoms with Gasteiger partial charge in [0, 0.05) is 30.9 Å². The normalized spacial score (nSPS) is 18.7. The van der Waals surface area contributed by atoms with Gasteiger partial charge in [0.05, 0.1) is 6.04 Å². The molecule has 5 rings (SSSR count). The third kappa shape index (κ3) is 5.98. The van der Waals surface area contributed by atoms with Gasteiger partial charge in [0.25, 0.3) is 5.91 Å². The molecule has 0 aliphatic carbocycles. The van der Waals surface area contributed by atoms with Crippen molar-refractivity contribution in [2.45, 2.75) is 51.1 Å². The highest BCUT2D eigenvalue weighted by atomic mass is 16.2. The summed E-state index contributed by atoms with van der Waals surface area (Å²) in [7, 11) is 0. The number of nitrogens with one attached hydrogen (secondary N) is 2. The summed E-state index contributed by atoms with van der Waals surface area (Å²) in [6.07, 6.45) is 5.86. The van der Waals surface area contributed by atoms with Gasteiger partial charge >= 0.3 is 0 Å². The summed E-state index contributed by atoms with van der Waals surface area (Å²) >= 11 is 0. The molecule has 7 nitrogen and oxygen atoms in total. The van der Waals surface area contributed by atoms with Gasteiger partial charge in [-0.15, -0.1) is 0 Å². The summed E-state index contributed by atoms with van der Waals surface area (Å²) in [4.78, 5) is 29.7. The molecule has 7 heteroatoms. The Hall–Kier alpha value is -3.45. The van der Waals surface area contributed by atoms with Crippen LogP contribution in [0, 0.1) is 0 Å². The minimum Gasteiger partial charge on any atom is -0.346 e. The van der Waals surface area contributed by atoms with Crippen LogP contribution in [0.15, 0.2) is 60.7 Å². The summed E-state index contributed by atoms with van der Waals surface area (Å²) < 4.78 is 0. The average Bonchev–Trinajstić information content (AvgIpc) is 3.51. The fourth-order valence-electron chi connectivity index (χ4n) is 5.00. The van der Waals surface area contributed by atoms with Gasteiger partial charge in [0.2, 0.25) is 5.91 Å². The Morgan fingerprint density at radius 3 is 2.51 bits per heavy atom. The third-order valence-electron chi connectivity index (χ3n) is 6.95. The van der Waals surface area contributed by atoms with Crippen molar-refractivity contribution < 1.29 is 9.59 Å². The van der Waals surface area contributed by atoms with E-state index in [4.69, 9.17) is 0 Å². The van der Waals surface area contributed by atoms with Crippen LogP contribution in [0.2, 0.25) is 0 Å². The van der Waals surface area contributed by atoms with E-state index in [1.165, 1.54) is 30.4 Å². The first-order valence-electron chi connectivity index (χ1n) is 12.6. The number of aromatic amines is 1. The third-order valence-corrected chi connectivity index (χ3v) is 6.95. The number of aromatic nitrogens is 2. The molecule has 2 fully saturated rings. The summed E-state index contributed by atoms with van der Waals surface area (Å²) in [5.74, 6) is -0.214. The monoisotopic (exact) mass is 471 g/mol. The second kappa shape index (κ2) is 10.9. The molecule has 2 aliphatic rings. The summed E-state index contributed by atoms with van der Waals surface area (Å²) in [5.41, 5.74) is 4.69. The first-order chi connectivity index (χ1) is 17.1. The maximum Gasteiger partial charge on any atom is 0.272 e. The van der Waals surface area contributed by atoms with Gasteiger partial charge in [-0.1, -0.05) is 48.9 Å². The van der Waals surface area contributed by atoms with Crippen LogP contribution in [0.1, 0.15) is 53.0 Å². The number of nitrogens with zero attached hydrogens (tertiary/aromatic N) is 3. The first-order valence-corrected chi connectivity index (χ1v) is 12.6. The summed E-state index contributed by atoms with van der Waals surface area (Å²) in [5, 5.41) is 10.1. The SMILES string of the molecule is O=C(NC1CC(=O)N(c2ccc(CN3CCCCC3)cc2)C1)c1cc(CCc2ccccc2)[nH]n1. The topological polar surface area (TPSA) is 81.3 Å². The van der Waals surface area contributed by atoms with Gasteiger partial charge in [0.1, 0.15) is 5.69 Å². The molecule has 2 saturated heterocycles. The van der Waals surface area contributed by atoms with E-state index >= 15 is 0 Å². The number of benzene rings is 2. The van der Waals surface area contributed by atoms with Crippen LogP contribution in [-0.2, 0) is 24.2 Å². The number of hydrogen-bond acceptors (Lipinski definition) is 4. The van der Waals surface area contributed by atoms with E-state index in [1.54, 1.807) is 11.0 Å². The van der Waals surface area contributed by atoms with Crippen molar-refractivity contribution in [1.82, 2.24) is 20.4 Å². The van der Waals surface area contributed by atoms with Crippen molar-refractivity contribution in [3.05, 3.63) is 83.2 Å². The van der Waals surface area contributed by atoms with Crippen LogP contribution in [0.4, 0.5) is 5.69 Å². The minimum atomic E-state index is -0.247. The van der Waals surface area contributed by atoms with Gasteiger partial charge in [-0.25, -0.2) is 0 Å². The Labute approximate surface area is 206 Å². The number of hydrogen-bond donors (Lipinski definition) is 2. The first kappa shape index (κ1) is 23.3. The largest absolute Gasteiger partial charge is 0.346 e. The lowest BCUT2D eigenvalue weighted by molar-refractivity contribution is -0.117. The molecule has 2 N–H and O–H groups in total. The maximum atomic E-state index is 12.7. The Balaban J connectivity index is 1.13. The number of likely N-dealkylation sites (tertiary alicyclic amines) is 1. The highest BCUT2D eigenvalue weighted by Crippen LogP contribution is 2.23. The zero-order chi connectivity index (χ0) is 24.0. The fourth-order valence-corrected chi connectivity index (χ4v) is 5.00. The Kier molecular flexibility index (Phi) is 7.23. The molecule has 2 aliphatic heterocycles. The number of amides is 2. The lowest BCUT2D eigenvalue weighted by atomic mass is 10.1. The molecule has 0 bridgehead atoms. The number of carbonyl (C=O) groups is 2. The summed E-state index contributed by atoms with van der Waals surface area (Å²) in [6, 6.07) is 20.1. The Morgan fingerprint density at radius 1 is 0.971 bits per heavy atom. The lowest BCUT2D eigenvalue weighted by Crippen LogP contribution is -2.37. The molecular formula is C28H33N5O2. The van der Waals surface area contributed by atoms with Crippen molar-refractivity contribution >= 4 is 17.5 Å². The van der Waals surface area contributed by atoms with Crippen LogP contribution < -0.4 is 10.2 Å². The maximum absolute atomic E-state index is 12.7. The van der Waals surface area contributed by atoms with E-state index in [2.05, 4.69) is 44.7 Å². The lowest BCUT2D eigenvalue weighted by Gasteiger charge is -2.26.